The highest BCUT2D eigenvalue weighted by Gasteiger charge is 2.51. The van der Waals surface area contributed by atoms with Gasteiger partial charge in [-0.3, -0.25) is 14.5 Å². The molecular weight excluding hydrogens is 414 g/mol. The molecule has 1 heterocycles. The number of imide groups is 1. The first-order valence-electron chi connectivity index (χ1n) is 9.44. The van der Waals surface area contributed by atoms with Crippen molar-refractivity contribution in [3.63, 3.8) is 0 Å². The van der Waals surface area contributed by atoms with Gasteiger partial charge in [0.2, 0.25) is 5.91 Å². The van der Waals surface area contributed by atoms with Crippen LogP contribution in [0.1, 0.15) is 42.5 Å². The van der Waals surface area contributed by atoms with Gasteiger partial charge in [-0.05, 0) is 31.0 Å². The second kappa shape index (κ2) is 8.05. The Hall–Kier alpha value is -2.95. The predicted octanol–water partition coefficient (Wildman–Crippen LogP) is 1.07. The summed E-state index contributed by atoms with van der Waals surface area (Å²) in [5, 5.41) is 5.17. The van der Waals surface area contributed by atoms with E-state index in [1.807, 2.05) is 0 Å². The zero-order valence-electron chi connectivity index (χ0n) is 16.7. The van der Waals surface area contributed by atoms with Crippen LogP contribution in [0.5, 0.6) is 0 Å². The Kier molecular flexibility index (Phi) is 5.84. The van der Waals surface area contributed by atoms with E-state index < -0.39 is 45.7 Å². The Morgan fingerprint density at radius 3 is 2.47 bits per heavy atom. The van der Waals surface area contributed by atoms with Crippen molar-refractivity contribution in [1.29, 1.82) is 0 Å². The number of carbonyl (C=O) groups excluding carboxylic acids is 4. The molecule has 1 aromatic carbocycles. The van der Waals surface area contributed by atoms with Gasteiger partial charge in [-0.1, -0.05) is 19.3 Å². The summed E-state index contributed by atoms with van der Waals surface area (Å²) in [5.41, 5.74) is -1.09. The molecular formula is C19H23N3O7S. The molecule has 0 unspecified atom stereocenters. The lowest BCUT2D eigenvalue weighted by Crippen LogP contribution is -2.48. The van der Waals surface area contributed by atoms with Gasteiger partial charge in [-0.15, -0.1) is 0 Å². The first kappa shape index (κ1) is 21.8. The number of hydrogen-bond donors (Lipinski definition) is 2. The van der Waals surface area contributed by atoms with E-state index in [-0.39, 0.29) is 16.1 Å². The highest BCUT2D eigenvalue weighted by molar-refractivity contribution is 7.90. The third-order valence-electron chi connectivity index (χ3n) is 5.35. The minimum absolute atomic E-state index is 0.0127. The third kappa shape index (κ3) is 4.16. The van der Waals surface area contributed by atoms with Crippen molar-refractivity contribution in [2.45, 2.75) is 42.5 Å². The Labute approximate surface area is 173 Å². The maximum absolute atomic E-state index is 12.8. The highest BCUT2D eigenvalue weighted by Crippen LogP contribution is 2.33. The standard InChI is InChI=1S/C19H23N3O7S/c1-29-16(24)13-10-12(30(2,27)28)6-7-14(13)20-15(23)11-22-17(25)19(21-18(22)26)8-4-3-5-9-19/h6-7,10H,3-5,8-9,11H2,1-2H3,(H,20,23)(H,21,26). The van der Waals surface area contributed by atoms with Gasteiger partial charge in [0.05, 0.1) is 23.3 Å². The summed E-state index contributed by atoms with van der Waals surface area (Å²) in [6, 6.07) is 2.97. The van der Waals surface area contributed by atoms with Gasteiger partial charge in [0.15, 0.2) is 9.84 Å². The first-order valence-corrected chi connectivity index (χ1v) is 11.3. The average molecular weight is 437 g/mol. The number of sulfone groups is 1. The molecule has 3 rings (SSSR count). The van der Waals surface area contributed by atoms with Crippen LogP contribution in [0.25, 0.3) is 0 Å². The zero-order valence-corrected chi connectivity index (χ0v) is 17.5. The Bertz CT molecular complexity index is 1010. The highest BCUT2D eigenvalue weighted by atomic mass is 32.2. The van der Waals surface area contributed by atoms with Gasteiger partial charge in [0.25, 0.3) is 5.91 Å². The third-order valence-corrected chi connectivity index (χ3v) is 6.46. The summed E-state index contributed by atoms with van der Waals surface area (Å²) in [6.45, 7) is -0.527. The van der Waals surface area contributed by atoms with Gasteiger partial charge in [-0.25, -0.2) is 18.0 Å². The molecule has 0 bridgehead atoms. The molecule has 4 amide bonds. The van der Waals surface area contributed by atoms with E-state index in [0.29, 0.717) is 12.8 Å². The molecule has 2 N–H and O–H groups in total. The van der Waals surface area contributed by atoms with Crippen LogP contribution in [0.4, 0.5) is 10.5 Å². The van der Waals surface area contributed by atoms with E-state index in [0.717, 1.165) is 43.6 Å². The second-order valence-corrected chi connectivity index (χ2v) is 9.50. The number of benzene rings is 1. The van der Waals surface area contributed by atoms with E-state index >= 15 is 0 Å². The molecule has 30 heavy (non-hydrogen) atoms. The van der Waals surface area contributed by atoms with Crippen LogP contribution in [0.2, 0.25) is 0 Å². The van der Waals surface area contributed by atoms with E-state index in [1.54, 1.807) is 0 Å². The van der Waals surface area contributed by atoms with E-state index in [4.69, 9.17) is 0 Å². The molecule has 1 aliphatic carbocycles. The predicted molar refractivity (Wildman–Crippen MR) is 106 cm³/mol. The lowest BCUT2D eigenvalue weighted by Gasteiger charge is -2.30. The van der Waals surface area contributed by atoms with Crippen LogP contribution in [0, 0.1) is 0 Å². The molecule has 10 nitrogen and oxygen atoms in total. The average Bonchev–Trinajstić information content (AvgIpc) is 2.91. The van der Waals surface area contributed by atoms with Crippen molar-refractivity contribution in [3.8, 4) is 0 Å². The van der Waals surface area contributed by atoms with Crippen molar-refractivity contribution in [2.75, 3.05) is 25.2 Å². The van der Waals surface area contributed by atoms with Crippen LogP contribution in [0.15, 0.2) is 23.1 Å². The number of esters is 1. The molecule has 2 aliphatic rings. The normalized spacial score (nSPS) is 18.3. The minimum atomic E-state index is -3.59. The topological polar surface area (TPSA) is 139 Å². The molecule has 1 saturated carbocycles. The number of hydrogen-bond acceptors (Lipinski definition) is 7. The van der Waals surface area contributed by atoms with Crippen LogP contribution in [-0.4, -0.2) is 62.6 Å². The quantitative estimate of drug-likeness (QED) is 0.519. The van der Waals surface area contributed by atoms with Crippen molar-refractivity contribution in [3.05, 3.63) is 23.8 Å². The number of amides is 4. The number of rotatable bonds is 5. The molecule has 162 valence electrons. The largest absolute Gasteiger partial charge is 0.465 e. The summed E-state index contributed by atoms with van der Waals surface area (Å²) in [7, 11) is -2.46. The van der Waals surface area contributed by atoms with Crippen LogP contribution < -0.4 is 10.6 Å². The van der Waals surface area contributed by atoms with E-state index in [2.05, 4.69) is 15.4 Å². The smallest absolute Gasteiger partial charge is 0.340 e. The van der Waals surface area contributed by atoms with Crippen LogP contribution >= 0.6 is 0 Å². The second-order valence-electron chi connectivity index (χ2n) is 7.48. The molecule has 0 radical (unpaired) electrons. The van der Waals surface area contributed by atoms with Crippen molar-refractivity contribution in [1.82, 2.24) is 10.2 Å². The van der Waals surface area contributed by atoms with Gasteiger partial charge in [0, 0.05) is 6.26 Å². The summed E-state index contributed by atoms with van der Waals surface area (Å²) >= 11 is 0. The molecule has 11 heteroatoms. The molecule has 1 saturated heterocycles. The lowest BCUT2D eigenvalue weighted by atomic mass is 9.82. The summed E-state index contributed by atoms with van der Waals surface area (Å²) in [6.07, 6.45) is 4.69. The summed E-state index contributed by atoms with van der Waals surface area (Å²) < 4.78 is 28.2. The van der Waals surface area contributed by atoms with E-state index in [1.165, 1.54) is 12.1 Å². The van der Waals surface area contributed by atoms with Crippen LogP contribution in [0.3, 0.4) is 0 Å². The van der Waals surface area contributed by atoms with Crippen molar-refractivity contribution >= 4 is 39.3 Å². The maximum Gasteiger partial charge on any atom is 0.340 e. The van der Waals surface area contributed by atoms with Crippen LogP contribution in [-0.2, 0) is 24.2 Å². The summed E-state index contributed by atoms with van der Waals surface area (Å²) in [5.74, 6) is -1.97. The maximum atomic E-state index is 12.8. The number of anilines is 1. The zero-order chi connectivity index (χ0) is 22.1. The Balaban J connectivity index is 1.78. The SMILES string of the molecule is COC(=O)c1cc(S(C)(=O)=O)ccc1NC(=O)CN1C(=O)NC2(CCCCC2)C1=O. The minimum Gasteiger partial charge on any atom is -0.465 e. The number of urea groups is 1. The number of ether oxygens (including phenoxy) is 1. The number of carbonyl (C=O) groups is 4. The Morgan fingerprint density at radius 2 is 1.87 bits per heavy atom. The molecule has 0 aromatic heterocycles. The van der Waals surface area contributed by atoms with Crippen molar-refractivity contribution in [2.24, 2.45) is 0 Å². The molecule has 2 fully saturated rings. The van der Waals surface area contributed by atoms with Gasteiger partial charge in [0.1, 0.15) is 12.1 Å². The monoisotopic (exact) mass is 437 g/mol. The number of methoxy groups -OCH3 is 1. The van der Waals surface area contributed by atoms with Gasteiger partial charge >= 0.3 is 12.0 Å². The molecule has 1 aromatic rings. The molecule has 1 spiro atoms. The first-order chi connectivity index (χ1) is 14.1. The molecule has 0 atom stereocenters. The van der Waals surface area contributed by atoms with Gasteiger partial charge < -0.3 is 15.4 Å². The summed E-state index contributed by atoms with van der Waals surface area (Å²) in [4.78, 5) is 50.4. The number of nitrogens with zero attached hydrogens (tertiary/aromatic N) is 1. The Morgan fingerprint density at radius 1 is 1.20 bits per heavy atom. The number of nitrogens with one attached hydrogen (secondary N) is 2. The van der Waals surface area contributed by atoms with Crippen molar-refractivity contribution < 1.29 is 32.3 Å². The fraction of sp³-hybridized carbons (Fsp3) is 0.474. The molecule has 1 aliphatic heterocycles. The van der Waals surface area contributed by atoms with E-state index in [9.17, 15) is 27.6 Å². The lowest BCUT2D eigenvalue weighted by molar-refractivity contribution is -0.134. The fourth-order valence-corrected chi connectivity index (χ4v) is 4.44. The van der Waals surface area contributed by atoms with Gasteiger partial charge in [-0.2, -0.15) is 0 Å². The fourth-order valence-electron chi connectivity index (χ4n) is 3.79.